The monoisotopic (exact) mass is 389 g/mol. The second-order valence-electron chi connectivity index (χ2n) is 6.93. The van der Waals surface area contributed by atoms with E-state index in [2.05, 4.69) is 5.10 Å². The molecular formula is C20H18ClF2N3O. The summed E-state index contributed by atoms with van der Waals surface area (Å²) in [6.45, 7) is 2.02. The van der Waals surface area contributed by atoms with Crippen molar-refractivity contribution in [2.24, 2.45) is 11.0 Å². The molecule has 2 aromatic rings. The number of likely N-dealkylation sites (tertiary alicyclic amines) is 1. The minimum absolute atomic E-state index is 0.0323. The lowest BCUT2D eigenvalue weighted by molar-refractivity contribution is -0.133. The van der Waals surface area contributed by atoms with Gasteiger partial charge in [-0.1, -0.05) is 23.7 Å². The molecule has 1 unspecified atom stereocenters. The van der Waals surface area contributed by atoms with Crippen molar-refractivity contribution in [3.63, 3.8) is 0 Å². The van der Waals surface area contributed by atoms with Crippen LogP contribution in [0.5, 0.6) is 0 Å². The van der Waals surface area contributed by atoms with Crippen molar-refractivity contribution in [2.75, 3.05) is 13.1 Å². The van der Waals surface area contributed by atoms with E-state index in [1.807, 2.05) is 17.0 Å². The average Bonchev–Trinajstić information content (AvgIpc) is 2.92. The van der Waals surface area contributed by atoms with Gasteiger partial charge in [-0.2, -0.15) is 5.10 Å². The average molecular weight is 390 g/mol. The summed E-state index contributed by atoms with van der Waals surface area (Å²) < 4.78 is 26.8. The van der Waals surface area contributed by atoms with Crippen LogP contribution >= 0.6 is 11.6 Å². The molecule has 1 amide bonds. The third-order valence-corrected chi connectivity index (χ3v) is 5.15. The van der Waals surface area contributed by atoms with Crippen molar-refractivity contribution in [1.29, 1.82) is 0 Å². The van der Waals surface area contributed by atoms with Gasteiger partial charge in [0.25, 0.3) is 5.91 Å². The highest BCUT2D eigenvalue weighted by molar-refractivity contribution is 6.30. The van der Waals surface area contributed by atoms with Gasteiger partial charge >= 0.3 is 0 Å². The summed E-state index contributed by atoms with van der Waals surface area (Å²) in [5.74, 6) is -1.50. The fourth-order valence-corrected chi connectivity index (χ4v) is 3.73. The van der Waals surface area contributed by atoms with E-state index in [1.54, 1.807) is 12.1 Å². The molecule has 2 heterocycles. The van der Waals surface area contributed by atoms with Crippen LogP contribution in [0.25, 0.3) is 0 Å². The van der Waals surface area contributed by atoms with Crippen LogP contribution in [0.1, 0.15) is 17.5 Å². The molecule has 0 aliphatic carbocycles. The standard InChI is InChI=1S/C20H18ClF2N3O/c21-15-3-1-13(2-4-15)11-26-20(27)18-12-25(6-5-19(18)24-26)10-14-7-16(22)9-17(23)8-14/h1-4,7-9,18H,5-6,10-12H2. The van der Waals surface area contributed by atoms with Crippen LogP contribution in [0.15, 0.2) is 47.6 Å². The first-order valence-electron chi connectivity index (χ1n) is 8.78. The summed E-state index contributed by atoms with van der Waals surface area (Å²) in [4.78, 5) is 14.8. The third-order valence-electron chi connectivity index (χ3n) is 4.90. The number of fused-ring (bicyclic) bond motifs is 1. The Kier molecular flexibility index (Phi) is 4.93. The Morgan fingerprint density at radius 1 is 1.04 bits per heavy atom. The van der Waals surface area contributed by atoms with Crippen molar-refractivity contribution in [3.8, 4) is 0 Å². The Morgan fingerprint density at radius 2 is 1.74 bits per heavy atom. The van der Waals surface area contributed by atoms with Gasteiger partial charge < -0.3 is 0 Å². The lowest BCUT2D eigenvalue weighted by Crippen LogP contribution is -2.43. The molecule has 0 aromatic heterocycles. The van der Waals surface area contributed by atoms with Gasteiger partial charge in [-0.05, 0) is 35.4 Å². The fourth-order valence-electron chi connectivity index (χ4n) is 3.61. The van der Waals surface area contributed by atoms with E-state index >= 15 is 0 Å². The predicted molar refractivity (Wildman–Crippen MR) is 99.2 cm³/mol. The van der Waals surface area contributed by atoms with Gasteiger partial charge in [-0.25, -0.2) is 13.8 Å². The minimum atomic E-state index is -0.588. The van der Waals surface area contributed by atoms with E-state index in [4.69, 9.17) is 11.6 Å². The number of rotatable bonds is 4. The largest absolute Gasteiger partial charge is 0.298 e. The lowest BCUT2D eigenvalue weighted by Gasteiger charge is -2.30. The van der Waals surface area contributed by atoms with E-state index in [0.29, 0.717) is 43.2 Å². The molecule has 1 atom stereocenters. The number of hydrogen-bond donors (Lipinski definition) is 0. The summed E-state index contributed by atoms with van der Waals surface area (Å²) in [7, 11) is 0. The first kappa shape index (κ1) is 18.1. The molecule has 0 spiro atoms. The lowest BCUT2D eigenvalue weighted by atomic mass is 9.95. The SMILES string of the molecule is O=C1C2CN(Cc3cc(F)cc(F)c3)CCC2=NN1Cc1ccc(Cl)cc1. The smallest absolute Gasteiger partial charge is 0.253 e. The molecule has 0 radical (unpaired) electrons. The Bertz CT molecular complexity index is 880. The van der Waals surface area contributed by atoms with Gasteiger partial charge in [-0.3, -0.25) is 9.69 Å². The molecule has 1 fully saturated rings. The van der Waals surface area contributed by atoms with Crippen molar-refractivity contribution >= 4 is 23.2 Å². The first-order valence-corrected chi connectivity index (χ1v) is 9.16. The van der Waals surface area contributed by atoms with Crippen molar-refractivity contribution in [3.05, 3.63) is 70.2 Å². The number of halogens is 3. The van der Waals surface area contributed by atoms with Crippen molar-refractivity contribution < 1.29 is 13.6 Å². The highest BCUT2D eigenvalue weighted by Crippen LogP contribution is 2.26. The molecule has 7 heteroatoms. The minimum Gasteiger partial charge on any atom is -0.298 e. The quantitative estimate of drug-likeness (QED) is 0.796. The van der Waals surface area contributed by atoms with E-state index < -0.39 is 11.6 Å². The van der Waals surface area contributed by atoms with Gasteiger partial charge in [-0.15, -0.1) is 0 Å². The summed E-state index contributed by atoms with van der Waals surface area (Å²) in [5.41, 5.74) is 2.41. The van der Waals surface area contributed by atoms with Gasteiger partial charge in [0.2, 0.25) is 0 Å². The maximum atomic E-state index is 13.4. The Labute approximate surface area is 161 Å². The van der Waals surface area contributed by atoms with Crippen LogP contribution < -0.4 is 0 Å². The van der Waals surface area contributed by atoms with Gasteiger partial charge in [0.15, 0.2) is 0 Å². The van der Waals surface area contributed by atoms with Crippen LogP contribution in [0.3, 0.4) is 0 Å². The molecule has 27 heavy (non-hydrogen) atoms. The molecule has 2 aromatic carbocycles. The van der Waals surface area contributed by atoms with Gasteiger partial charge in [0.1, 0.15) is 11.6 Å². The number of carbonyl (C=O) groups is 1. The number of amides is 1. The number of carbonyl (C=O) groups excluding carboxylic acids is 1. The maximum Gasteiger partial charge on any atom is 0.253 e. The van der Waals surface area contributed by atoms with Crippen LogP contribution in [-0.2, 0) is 17.9 Å². The molecular weight excluding hydrogens is 372 g/mol. The summed E-state index contributed by atoms with van der Waals surface area (Å²) in [5, 5.41) is 6.66. The van der Waals surface area contributed by atoms with E-state index in [9.17, 15) is 13.6 Å². The van der Waals surface area contributed by atoms with E-state index in [1.165, 1.54) is 17.1 Å². The number of hydrazone groups is 1. The van der Waals surface area contributed by atoms with Crippen LogP contribution in [0, 0.1) is 17.6 Å². The fraction of sp³-hybridized carbons (Fsp3) is 0.300. The third kappa shape index (κ3) is 4.01. The molecule has 2 aliphatic rings. The first-order chi connectivity index (χ1) is 13.0. The maximum absolute atomic E-state index is 13.4. The molecule has 140 valence electrons. The van der Waals surface area contributed by atoms with Crippen LogP contribution in [0.4, 0.5) is 8.78 Å². The highest BCUT2D eigenvalue weighted by atomic mass is 35.5. The Morgan fingerprint density at radius 3 is 2.44 bits per heavy atom. The van der Waals surface area contributed by atoms with Gasteiger partial charge in [0.05, 0.1) is 18.2 Å². The summed E-state index contributed by atoms with van der Waals surface area (Å²) in [6.07, 6.45) is 0.672. The number of hydrogen-bond acceptors (Lipinski definition) is 3. The topological polar surface area (TPSA) is 35.9 Å². The predicted octanol–water partition coefficient (Wildman–Crippen LogP) is 3.84. The zero-order chi connectivity index (χ0) is 19.0. The molecule has 0 saturated carbocycles. The number of piperidine rings is 1. The van der Waals surface area contributed by atoms with E-state index in [0.717, 1.165) is 17.3 Å². The number of nitrogens with zero attached hydrogens (tertiary/aromatic N) is 3. The molecule has 1 saturated heterocycles. The Hall–Kier alpha value is -2.31. The van der Waals surface area contributed by atoms with Gasteiger partial charge in [0, 0.05) is 37.1 Å². The molecule has 0 bridgehead atoms. The highest BCUT2D eigenvalue weighted by Gasteiger charge is 2.39. The molecule has 4 nitrogen and oxygen atoms in total. The van der Waals surface area contributed by atoms with Crippen LogP contribution in [-0.4, -0.2) is 34.6 Å². The normalized spacial score (nSPS) is 20.0. The van der Waals surface area contributed by atoms with Crippen molar-refractivity contribution in [1.82, 2.24) is 9.91 Å². The summed E-state index contributed by atoms with van der Waals surface area (Å²) in [6, 6.07) is 10.9. The zero-order valence-electron chi connectivity index (χ0n) is 14.5. The van der Waals surface area contributed by atoms with E-state index in [-0.39, 0.29) is 11.8 Å². The summed E-state index contributed by atoms with van der Waals surface area (Å²) >= 11 is 5.90. The van der Waals surface area contributed by atoms with Crippen LogP contribution in [0.2, 0.25) is 5.02 Å². The second kappa shape index (κ2) is 7.37. The molecule has 4 rings (SSSR count). The Balaban J connectivity index is 1.42. The zero-order valence-corrected chi connectivity index (χ0v) is 15.3. The molecule has 2 aliphatic heterocycles. The van der Waals surface area contributed by atoms with Crippen molar-refractivity contribution in [2.45, 2.75) is 19.5 Å². The molecule has 0 N–H and O–H groups in total. The second-order valence-corrected chi connectivity index (χ2v) is 7.37. The number of benzene rings is 2.